The number of aliphatic imine (C=N–C) groups is 1. The van der Waals surface area contributed by atoms with E-state index >= 15 is 0 Å². The van der Waals surface area contributed by atoms with E-state index in [2.05, 4.69) is 25.8 Å². The zero-order valence-electron chi connectivity index (χ0n) is 12.2. The van der Waals surface area contributed by atoms with Crippen molar-refractivity contribution >= 4 is 23.6 Å². The minimum Gasteiger partial charge on any atom is -0.355 e. The topological polar surface area (TPSA) is 68.8 Å². The van der Waals surface area contributed by atoms with Gasteiger partial charge in [-0.1, -0.05) is 0 Å². The Balaban J connectivity index is 1.63. The molecule has 0 aromatic carbocycles. The molecule has 0 radical (unpaired) electrons. The Kier molecular flexibility index (Phi) is 6.46. The number of thioether (sulfide) groups is 1. The highest BCUT2D eigenvalue weighted by Gasteiger charge is 2.18. The van der Waals surface area contributed by atoms with Gasteiger partial charge in [-0.05, 0) is 6.42 Å². The molecule has 2 aliphatic heterocycles. The maximum absolute atomic E-state index is 11.1. The zero-order chi connectivity index (χ0) is 14.2. The van der Waals surface area contributed by atoms with Gasteiger partial charge in [-0.2, -0.15) is 11.8 Å². The summed E-state index contributed by atoms with van der Waals surface area (Å²) in [6.45, 7) is 5.02. The van der Waals surface area contributed by atoms with E-state index in [1.807, 2.05) is 11.8 Å². The van der Waals surface area contributed by atoms with Gasteiger partial charge >= 0.3 is 0 Å². The summed E-state index contributed by atoms with van der Waals surface area (Å²) in [5.74, 6) is 3.47. The van der Waals surface area contributed by atoms with Gasteiger partial charge in [-0.15, -0.1) is 0 Å². The quantitative estimate of drug-likeness (QED) is 0.481. The highest BCUT2D eigenvalue weighted by atomic mass is 32.2. The predicted octanol–water partition coefficient (Wildman–Crippen LogP) is -0.521. The van der Waals surface area contributed by atoms with E-state index in [0.717, 1.165) is 25.5 Å². The Bertz CT molecular complexity index is 334. The van der Waals surface area contributed by atoms with E-state index in [4.69, 9.17) is 0 Å². The monoisotopic (exact) mass is 299 g/mol. The molecular formula is C13H25N5OS. The third-order valence-corrected chi connectivity index (χ3v) is 4.60. The molecule has 0 aromatic rings. The first-order valence-electron chi connectivity index (χ1n) is 7.32. The smallest absolute Gasteiger partial charge is 0.220 e. The summed E-state index contributed by atoms with van der Waals surface area (Å²) in [7, 11) is 1.79. The van der Waals surface area contributed by atoms with Crippen molar-refractivity contribution in [1.82, 2.24) is 20.9 Å². The summed E-state index contributed by atoms with van der Waals surface area (Å²) < 4.78 is 0. The highest BCUT2D eigenvalue weighted by molar-refractivity contribution is 7.99. The molecule has 1 amide bonds. The van der Waals surface area contributed by atoms with Crippen molar-refractivity contribution in [2.45, 2.75) is 18.9 Å². The lowest BCUT2D eigenvalue weighted by Crippen LogP contribution is -2.52. The molecule has 0 bridgehead atoms. The molecule has 7 heteroatoms. The maximum atomic E-state index is 11.1. The molecule has 20 heavy (non-hydrogen) atoms. The van der Waals surface area contributed by atoms with Gasteiger partial charge in [-0.3, -0.25) is 14.7 Å². The van der Waals surface area contributed by atoms with Crippen LogP contribution in [0.3, 0.4) is 0 Å². The predicted molar refractivity (Wildman–Crippen MR) is 84.3 cm³/mol. The molecule has 0 saturated carbocycles. The van der Waals surface area contributed by atoms with Crippen LogP contribution in [0.25, 0.3) is 0 Å². The van der Waals surface area contributed by atoms with E-state index in [0.29, 0.717) is 13.0 Å². The third kappa shape index (κ3) is 5.20. The van der Waals surface area contributed by atoms with Crippen molar-refractivity contribution in [3.8, 4) is 0 Å². The molecule has 114 valence electrons. The fourth-order valence-corrected chi connectivity index (χ4v) is 3.38. The number of amides is 1. The number of piperidine rings is 1. The van der Waals surface area contributed by atoms with Crippen LogP contribution < -0.4 is 16.0 Å². The Hall–Kier alpha value is -0.950. The Morgan fingerprint density at radius 1 is 1.50 bits per heavy atom. The number of nitrogens with one attached hydrogen (secondary N) is 3. The van der Waals surface area contributed by atoms with E-state index in [9.17, 15) is 4.79 Å². The summed E-state index contributed by atoms with van der Waals surface area (Å²) in [6, 6.07) is 0.283. The lowest BCUT2D eigenvalue weighted by molar-refractivity contribution is -0.122. The second kappa shape index (κ2) is 8.36. The molecular weight excluding hydrogens is 274 g/mol. The van der Waals surface area contributed by atoms with E-state index in [1.165, 1.54) is 24.6 Å². The highest BCUT2D eigenvalue weighted by Crippen LogP contribution is 2.07. The fourth-order valence-electron chi connectivity index (χ4n) is 2.40. The molecule has 0 spiro atoms. The van der Waals surface area contributed by atoms with E-state index < -0.39 is 0 Å². The van der Waals surface area contributed by atoms with Crippen LogP contribution >= 0.6 is 11.8 Å². The number of carbonyl (C=O) groups is 1. The fraction of sp³-hybridized carbons (Fsp3) is 0.846. The number of nitrogens with zero attached hydrogens (tertiary/aromatic N) is 2. The van der Waals surface area contributed by atoms with Gasteiger partial charge in [0.05, 0.1) is 0 Å². The van der Waals surface area contributed by atoms with Gasteiger partial charge in [0.2, 0.25) is 5.91 Å². The molecule has 6 nitrogen and oxygen atoms in total. The van der Waals surface area contributed by atoms with Crippen LogP contribution in [0.1, 0.15) is 12.8 Å². The first-order valence-corrected chi connectivity index (χ1v) is 8.47. The first kappa shape index (κ1) is 15.4. The SMILES string of the molecule is CN=C(NCCN1CCSCC1)NC1CCC(=O)NC1. The Morgan fingerprint density at radius 2 is 2.30 bits per heavy atom. The third-order valence-electron chi connectivity index (χ3n) is 3.65. The Labute approximate surface area is 125 Å². The molecule has 2 aliphatic rings. The minimum absolute atomic E-state index is 0.147. The molecule has 1 unspecified atom stereocenters. The normalized spacial score (nSPS) is 25.1. The van der Waals surface area contributed by atoms with Gasteiger partial charge in [0.25, 0.3) is 0 Å². The van der Waals surface area contributed by atoms with Crippen molar-refractivity contribution in [3.05, 3.63) is 0 Å². The van der Waals surface area contributed by atoms with Gasteiger partial charge < -0.3 is 16.0 Å². The summed E-state index contributed by atoms with van der Waals surface area (Å²) in [5.41, 5.74) is 0. The van der Waals surface area contributed by atoms with E-state index in [-0.39, 0.29) is 11.9 Å². The van der Waals surface area contributed by atoms with Gasteiger partial charge in [0, 0.05) is 63.7 Å². The molecule has 2 heterocycles. The number of rotatable bonds is 4. The number of hydrogen-bond acceptors (Lipinski definition) is 4. The number of carbonyl (C=O) groups excluding carboxylic acids is 1. The molecule has 2 saturated heterocycles. The van der Waals surface area contributed by atoms with E-state index in [1.54, 1.807) is 7.05 Å². The summed E-state index contributed by atoms with van der Waals surface area (Å²) in [6.07, 6.45) is 1.47. The second-order valence-corrected chi connectivity index (χ2v) is 6.36. The largest absolute Gasteiger partial charge is 0.355 e. The van der Waals surface area contributed by atoms with Crippen LogP contribution in [0.5, 0.6) is 0 Å². The second-order valence-electron chi connectivity index (χ2n) is 5.14. The number of guanidine groups is 1. The average molecular weight is 299 g/mol. The van der Waals surface area contributed by atoms with Crippen LogP contribution in [0.4, 0.5) is 0 Å². The maximum Gasteiger partial charge on any atom is 0.220 e. The molecule has 0 aliphatic carbocycles. The van der Waals surface area contributed by atoms with Gasteiger partial charge in [0.1, 0.15) is 0 Å². The van der Waals surface area contributed by atoms with Crippen LogP contribution in [0.2, 0.25) is 0 Å². The molecule has 3 N–H and O–H groups in total. The summed E-state index contributed by atoms with van der Waals surface area (Å²) in [5, 5.41) is 9.59. The standard InChI is InChI=1S/C13H25N5OS/c1-14-13(17-11-2-3-12(19)16-10-11)15-4-5-18-6-8-20-9-7-18/h11H,2-10H2,1H3,(H,16,19)(H2,14,15,17). The van der Waals surface area contributed by atoms with Crippen LogP contribution in [-0.4, -0.2) is 74.1 Å². The van der Waals surface area contributed by atoms with Gasteiger partial charge in [0.15, 0.2) is 5.96 Å². The average Bonchev–Trinajstić information content (AvgIpc) is 2.49. The van der Waals surface area contributed by atoms with Crippen molar-refractivity contribution in [1.29, 1.82) is 0 Å². The lowest BCUT2D eigenvalue weighted by Gasteiger charge is -2.28. The molecule has 1 atom stereocenters. The molecule has 0 aromatic heterocycles. The molecule has 2 fully saturated rings. The van der Waals surface area contributed by atoms with Crippen molar-refractivity contribution in [2.24, 2.45) is 4.99 Å². The van der Waals surface area contributed by atoms with Crippen molar-refractivity contribution < 1.29 is 4.79 Å². The van der Waals surface area contributed by atoms with Crippen molar-refractivity contribution in [3.63, 3.8) is 0 Å². The van der Waals surface area contributed by atoms with Crippen LogP contribution in [0.15, 0.2) is 4.99 Å². The lowest BCUT2D eigenvalue weighted by atomic mass is 10.1. The number of hydrogen-bond donors (Lipinski definition) is 3. The molecule has 2 rings (SSSR count). The van der Waals surface area contributed by atoms with Crippen LogP contribution in [-0.2, 0) is 4.79 Å². The summed E-state index contributed by atoms with van der Waals surface area (Å²) >= 11 is 2.03. The minimum atomic E-state index is 0.147. The first-order chi connectivity index (χ1) is 9.78. The Morgan fingerprint density at radius 3 is 2.95 bits per heavy atom. The van der Waals surface area contributed by atoms with Gasteiger partial charge in [-0.25, -0.2) is 0 Å². The van der Waals surface area contributed by atoms with Crippen LogP contribution in [0, 0.1) is 0 Å². The zero-order valence-corrected chi connectivity index (χ0v) is 13.0. The van der Waals surface area contributed by atoms with Crippen molar-refractivity contribution in [2.75, 3.05) is 51.3 Å². The summed E-state index contributed by atoms with van der Waals surface area (Å²) in [4.78, 5) is 17.8.